The van der Waals surface area contributed by atoms with Crippen molar-refractivity contribution in [3.8, 4) is 0 Å². The van der Waals surface area contributed by atoms with Gasteiger partial charge in [-0.25, -0.2) is 0 Å². The second kappa shape index (κ2) is 4.14. The molecule has 0 aliphatic carbocycles. The third-order valence-electron chi connectivity index (χ3n) is 2.55. The lowest BCUT2D eigenvalue weighted by molar-refractivity contribution is 0.0931. The molecule has 2 rings (SSSR count). The summed E-state index contributed by atoms with van der Waals surface area (Å²) in [5, 5.41) is 0. The average Bonchev–Trinajstić information content (AvgIpc) is 2.83. The van der Waals surface area contributed by atoms with Crippen LogP contribution < -0.4 is 0 Å². The summed E-state index contributed by atoms with van der Waals surface area (Å²) in [6.07, 6.45) is 1.53. The minimum atomic E-state index is 0.0367. The Hall–Kier alpha value is -1.16. The summed E-state index contributed by atoms with van der Waals surface area (Å²) in [5.41, 5.74) is 1.19. The van der Waals surface area contributed by atoms with Gasteiger partial charge in [-0.15, -0.1) is 11.8 Å². The lowest BCUT2D eigenvalue weighted by atomic mass is 10.2. The third-order valence-corrected chi connectivity index (χ3v) is 3.72. The van der Waals surface area contributed by atoms with E-state index >= 15 is 0 Å². The van der Waals surface area contributed by atoms with Crippen molar-refractivity contribution in [2.24, 2.45) is 0 Å². The number of allylic oxidation sites excluding steroid dienone is 2. The zero-order valence-electron chi connectivity index (χ0n) is 8.82. The zero-order valence-corrected chi connectivity index (χ0v) is 9.63. The van der Waals surface area contributed by atoms with Crippen LogP contribution in [0.3, 0.4) is 0 Å². The van der Waals surface area contributed by atoms with Gasteiger partial charge in [0, 0.05) is 10.6 Å². The number of nitrogens with zero attached hydrogens (tertiary/aromatic N) is 1. The maximum atomic E-state index is 11.7. The highest BCUT2D eigenvalue weighted by molar-refractivity contribution is 8.03. The van der Waals surface area contributed by atoms with Crippen LogP contribution in [0, 0.1) is 0 Å². The SMILES string of the molecule is CC1=C(C)N(CC(=O)c2ccco2)CS1. The number of carbonyl (C=O) groups excluding carboxylic acids is 1. The van der Waals surface area contributed by atoms with E-state index < -0.39 is 0 Å². The van der Waals surface area contributed by atoms with Gasteiger partial charge >= 0.3 is 0 Å². The highest BCUT2D eigenvalue weighted by atomic mass is 32.2. The van der Waals surface area contributed by atoms with Crippen molar-refractivity contribution >= 4 is 17.5 Å². The van der Waals surface area contributed by atoms with E-state index in [-0.39, 0.29) is 5.78 Å². The van der Waals surface area contributed by atoms with E-state index in [1.54, 1.807) is 23.9 Å². The Balaban J connectivity index is 2.02. The van der Waals surface area contributed by atoms with Crippen molar-refractivity contribution in [3.05, 3.63) is 34.8 Å². The molecular formula is C11H13NO2S. The van der Waals surface area contributed by atoms with Gasteiger partial charge in [-0.05, 0) is 26.0 Å². The molecule has 2 heterocycles. The van der Waals surface area contributed by atoms with E-state index in [9.17, 15) is 4.79 Å². The lowest BCUT2D eigenvalue weighted by Crippen LogP contribution is -2.25. The summed E-state index contributed by atoms with van der Waals surface area (Å²) < 4.78 is 5.07. The summed E-state index contributed by atoms with van der Waals surface area (Å²) in [6, 6.07) is 3.44. The zero-order chi connectivity index (χ0) is 10.8. The van der Waals surface area contributed by atoms with Crippen LogP contribution in [0.1, 0.15) is 24.4 Å². The minimum Gasteiger partial charge on any atom is -0.461 e. The van der Waals surface area contributed by atoms with Crippen LogP contribution in [0.2, 0.25) is 0 Å². The highest BCUT2D eigenvalue weighted by Crippen LogP contribution is 2.30. The standard InChI is InChI=1S/C11H13NO2S/c1-8-9(2)15-7-12(8)6-10(13)11-4-3-5-14-11/h3-5H,6-7H2,1-2H3. The van der Waals surface area contributed by atoms with Gasteiger partial charge in [0.05, 0.1) is 18.7 Å². The van der Waals surface area contributed by atoms with Crippen LogP contribution in [0.25, 0.3) is 0 Å². The molecule has 1 aliphatic heterocycles. The maximum Gasteiger partial charge on any atom is 0.217 e. The molecule has 15 heavy (non-hydrogen) atoms. The van der Waals surface area contributed by atoms with Gasteiger partial charge in [0.1, 0.15) is 0 Å². The molecule has 0 spiro atoms. The van der Waals surface area contributed by atoms with Crippen molar-refractivity contribution < 1.29 is 9.21 Å². The second-order valence-corrected chi connectivity index (χ2v) is 4.67. The molecule has 80 valence electrons. The number of rotatable bonds is 3. The van der Waals surface area contributed by atoms with E-state index in [0.29, 0.717) is 12.3 Å². The van der Waals surface area contributed by atoms with Crippen LogP contribution in [-0.2, 0) is 0 Å². The number of Topliss-reactive ketones (excluding diaryl/α,β-unsaturated/α-hetero) is 1. The Bertz CT molecular complexity index is 395. The summed E-state index contributed by atoms with van der Waals surface area (Å²) in [4.78, 5) is 15.1. The maximum absolute atomic E-state index is 11.7. The fourth-order valence-corrected chi connectivity index (χ4v) is 2.42. The molecule has 0 radical (unpaired) electrons. The fraction of sp³-hybridized carbons (Fsp3) is 0.364. The Kier molecular flexibility index (Phi) is 2.86. The summed E-state index contributed by atoms with van der Waals surface area (Å²) >= 11 is 1.78. The summed E-state index contributed by atoms with van der Waals surface area (Å²) in [7, 11) is 0. The molecule has 0 atom stereocenters. The molecular weight excluding hydrogens is 210 g/mol. The molecule has 0 unspecified atom stereocenters. The van der Waals surface area contributed by atoms with Crippen LogP contribution in [-0.4, -0.2) is 23.1 Å². The first-order chi connectivity index (χ1) is 7.18. The van der Waals surface area contributed by atoms with E-state index in [0.717, 1.165) is 5.88 Å². The number of ketones is 1. The van der Waals surface area contributed by atoms with Crippen LogP contribution >= 0.6 is 11.8 Å². The third kappa shape index (κ3) is 2.09. The quantitative estimate of drug-likeness (QED) is 0.738. The van der Waals surface area contributed by atoms with Crippen LogP contribution in [0.15, 0.2) is 33.4 Å². The van der Waals surface area contributed by atoms with E-state index in [1.807, 2.05) is 6.92 Å². The monoisotopic (exact) mass is 223 g/mol. The van der Waals surface area contributed by atoms with Crippen LogP contribution in [0.5, 0.6) is 0 Å². The van der Waals surface area contributed by atoms with Gasteiger partial charge in [-0.2, -0.15) is 0 Å². The molecule has 1 aromatic rings. The molecule has 4 heteroatoms. The number of carbonyl (C=O) groups is 1. The molecule has 3 nitrogen and oxygen atoms in total. The van der Waals surface area contributed by atoms with E-state index in [4.69, 9.17) is 4.42 Å². The summed E-state index contributed by atoms with van der Waals surface area (Å²) in [5.74, 6) is 1.34. The first-order valence-electron chi connectivity index (χ1n) is 4.80. The molecule has 0 aromatic carbocycles. The topological polar surface area (TPSA) is 33.5 Å². The predicted molar refractivity (Wildman–Crippen MR) is 60.6 cm³/mol. The molecule has 0 N–H and O–H groups in total. The molecule has 0 amide bonds. The highest BCUT2D eigenvalue weighted by Gasteiger charge is 2.20. The number of hydrogen-bond acceptors (Lipinski definition) is 4. The number of hydrogen-bond donors (Lipinski definition) is 0. The van der Waals surface area contributed by atoms with Crippen molar-refractivity contribution in [1.82, 2.24) is 4.90 Å². The Morgan fingerprint density at radius 2 is 2.40 bits per heavy atom. The summed E-state index contributed by atoms with van der Waals surface area (Å²) in [6.45, 7) is 4.53. The Labute approximate surface area is 93.1 Å². The van der Waals surface area contributed by atoms with Gasteiger partial charge in [-0.1, -0.05) is 0 Å². The number of thioether (sulfide) groups is 1. The van der Waals surface area contributed by atoms with Gasteiger partial charge < -0.3 is 9.32 Å². The van der Waals surface area contributed by atoms with Crippen molar-refractivity contribution in [2.45, 2.75) is 13.8 Å². The van der Waals surface area contributed by atoms with Crippen molar-refractivity contribution in [3.63, 3.8) is 0 Å². The minimum absolute atomic E-state index is 0.0367. The average molecular weight is 223 g/mol. The van der Waals surface area contributed by atoms with Gasteiger partial charge in [0.25, 0.3) is 0 Å². The van der Waals surface area contributed by atoms with E-state index in [1.165, 1.54) is 16.9 Å². The number of furan rings is 1. The Morgan fingerprint density at radius 1 is 1.60 bits per heavy atom. The molecule has 0 fully saturated rings. The lowest BCUT2D eigenvalue weighted by Gasteiger charge is -2.17. The molecule has 1 aliphatic rings. The van der Waals surface area contributed by atoms with Gasteiger partial charge in [0.2, 0.25) is 5.78 Å². The first-order valence-corrected chi connectivity index (χ1v) is 5.79. The fourth-order valence-electron chi connectivity index (χ4n) is 1.45. The van der Waals surface area contributed by atoms with Crippen LogP contribution in [0.4, 0.5) is 0 Å². The molecule has 1 aromatic heterocycles. The smallest absolute Gasteiger partial charge is 0.217 e. The van der Waals surface area contributed by atoms with Gasteiger partial charge in [0.15, 0.2) is 5.76 Å². The Morgan fingerprint density at radius 3 is 2.93 bits per heavy atom. The second-order valence-electron chi connectivity index (χ2n) is 3.51. The first kappa shape index (κ1) is 10.4. The van der Waals surface area contributed by atoms with E-state index in [2.05, 4.69) is 11.8 Å². The van der Waals surface area contributed by atoms with Crippen molar-refractivity contribution in [2.75, 3.05) is 12.4 Å². The van der Waals surface area contributed by atoms with Gasteiger partial charge in [-0.3, -0.25) is 4.79 Å². The molecule has 0 bridgehead atoms. The predicted octanol–water partition coefficient (Wildman–Crippen LogP) is 2.72. The molecule has 0 saturated carbocycles. The molecule has 0 saturated heterocycles. The normalized spacial score (nSPS) is 16.3. The van der Waals surface area contributed by atoms with Crippen molar-refractivity contribution in [1.29, 1.82) is 0 Å². The largest absolute Gasteiger partial charge is 0.461 e.